The minimum Gasteiger partial charge on any atom is -0.354 e. The van der Waals surface area contributed by atoms with Crippen molar-refractivity contribution in [1.29, 1.82) is 0 Å². The molecule has 2 fully saturated rings. The van der Waals surface area contributed by atoms with Crippen LogP contribution in [0.15, 0.2) is 24.3 Å². The topological polar surface area (TPSA) is 44.4 Å². The Bertz CT molecular complexity index is 514. The second-order valence-electron chi connectivity index (χ2n) is 6.76. The predicted octanol–water partition coefficient (Wildman–Crippen LogP) is 2.42. The molecule has 0 aromatic heterocycles. The highest BCUT2D eigenvalue weighted by Gasteiger charge is 2.24. The molecule has 1 aromatic carbocycles. The maximum Gasteiger partial charge on any atom is 0.237 e. The number of carbonyl (C=O) groups excluding carboxylic acids is 1. The van der Waals surface area contributed by atoms with E-state index in [2.05, 4.69) is 27.7 Å². The largest absolute Gasteiger partial charge is 0.354 e. The van der Waals surface area contributed by atoms with Crippen LogP contribution in [0.25, 0.3) is 0 Å². The number of likely N-dealkylation sites (tertiary alicyclic amines) is 1. The van der Waals surface area contributed by atoms with Crippen LogP contribution in [0.5, 0.6) is 0 Å². The van der Waals surface area contributed by atoms with Crippen molar-refractivity contribution < 1.29 is 4.79 Å². The van der Waals surface area contributed by atoms with Crippen molar-refractivity contribution in [2.45, 2.75) is 38.3 Å². The number of halogens is 1. The van der Waals surface area contributed by atoms with E-state index in [1.807, 2.05) is 12.1 Å². The summed E-state index contributed by atoms with van der Waals surface area (Å²) >= 11 is 5.94. The molecule has 2 N–H and O–H groups in total. The summed E-state index contributed by atoms with van der Waals surface area (Å²) in [6.45, 7) is 4.93. The Balaban J connectivity index is 1.44. The molecule has 2 unspecified atom stereocenters. The monoisotopic (exact) mass is 335 g/mol. The molecule has 2 heterocycles. The highest BCUT2D eigenvalue weighted by atomic mass is 35.5. The lowest BCUT2D eigenvalue weighted by atomic mass is 9.97. The van der Waals surface area contributed by atoms with Crippen LogP contribution < -0.4 is 10.6 Å². The van der Waals surface area contributed by atoms with Gasteiger partial charge in [-0.1, -0.05) is 23.7 Å². The van der Waals surface area contributed by atoms with E-state index in [0.29, 0.717) is 5.92 Å². The normalized spacial score (nSPS) is 25.4. The molecule has 0 spiro atoms. The maximum atomic E-state index is 12.1. The summed E-state index contributed by atoms with van der Waals surface area (Å²) < 4.78 is 0. The lowest BCUT2D eigenvalue weighted by Crippen LogP contribution is -2.45. The van der Waals surface area contributed by atoms with Gasteiger partial charge in [0.15, 0.2) is 0 Å². The highest BCUT2D eigenvalue weighted by molar-refractivity contribution is 6.30. The molecule has 23 heavy (non-hydrogen) atoms. The van der Waals surface area contributed by atoms with Gasteiger partial charge in [0.25, 0.3) is 0 Å². The van der Waals surface area contributed by atoms with Crippen molar-refractivity contribution in [2.24, 2.45) is 5.92 Å². The fourth-order valence-electron chi connectivity index (χ4n) is 3.59. The smallest absolute Gasteiger partial charge is 0.237 e. The molecule has 0 saturated carbocycles. The predicted molar refractivity (Wildman–Crippen MR) is 93.5 cm³/mol. The second kappa shape index (κ2) is 8.13. The molecule has 0 radical (unpaired) electrons. The van der Waals surface area contributed by atoms with Crippen LogP contribution in [0, 0.1) is 5.92 Å². The molecule has 126 valence electrons. The van der Waals surface area contributed by atoms with Gasteiger partial charge in [0.05, 0.1) is 6.04 Å². The number of hydrogen-bond acceptors (Lipinski definition) is 3. The van der Waals surface area contributed by atoms with Gasteiger partial charge in [-0.25, -0.2) is 0 Å². The van der Waals surface area contributed by atoms with E-state index in [4.69, 9.17) is 11.6 Å². The van der Waals surface area contributed by atoms with Crippen LogP contribution in [0.1, 0.15) is 31.2 Å². The molecule has 4 nitrogen and oxygen atoms in total. The van der Waals surface area contributed by atoms with Crippen LogP contribution in [0.3, 0.4) is 0 Å². The summed E-state index contributed by atoms with van der Waals surface area (Å²) in [5.41, 5.74) is 1.30. The van der Waals surface area contributed by atoms with Crippen LogP contribution in [0.2, 0.25) is 5.02 Å². The Hall–Kier alpha value is -1.10. The Morgan fingerprint density at radius 2 is 2.09 bits per heavy atom. The standard InChI is InChI=1S/C18H26ClN3O/c19-16-7-5-14(6-8-16)12-22-10-2-3-15(13-22)11-21-18(23)17-4-1-9-20-17/h5-8,15,17,20H,1-4,9-13H2,(H,21,23). The Labute approximate surface area is 143 Å². The van der Waals surface area contributed by atoms with Gasteiger partial charge in [-0.3, -0.25) is 9.69 Å². The molecule has 2 saturated heterocycles. The van der Waals surface area contributed by atoms with Gasteiger partial charge in [0.1, 0.15) is 0 Å². The van der Waals surface area contributed by atoms with Crippen molar-refractivity contribution in [3.05, 3.63) is 34.9 Å². The van der Waals surface area contributed by atoms with E-state index < -0.39 is 0 Å². The molecule has 0 bridgehead atoms. The molecular weight excluding hydrogens is 310 g/mol. The van der Waals surface area contributed by atoms with Crippen molar-refractivity contribution in [1.82, 2.24) is 15.5 Å². The lowest BCUT2D eigenvalue weighted by Gasteiger charge is -2.33. The third-order valence-corrected chi connectivity index (χ3v) is 5.12. The van der Waals surface area contributed by atoms with Crippen molar-refractivity contribution in [2.75, 3.05) is 26.2 Å². The zero-order valence-corrected chi connectivity index (χ0v) is 14.3. The maximum absolute atomic E-state index is 12.1. The first-order valence-electron chi connectivity index (χ1n) is 8.68. The summed E-state index contributed by atoms with van der Waals surface area (Å²) in [5.74, 6) is 0.735. The van der Waals surface area contributed by atoms with Gasteiger partial charge < -0.3 is 10.6 Å². The third-order valence-electron chi connectivity index (χ3n) is 4.86. The Morgan fingerprint density at radius 1 is 1.26 bits per heavy atom. The number of nitrogens with one attached hydrogen (secondary N) is 2. The molecule has 0 aliphatic carbocycles. The average molecular weight is 336 g/mol. The van der Waals surface area contributed by atoms with Gasteiger partial charge in [-0.2, -0.15) is 0 Å². The Kier molecular flexibility index (Phi) is 5.92. The molecule has 2 atom stereocenters. The lowest BCUT2D eigenvalue weighted by molar-refractivity contribution is -0.123. The van der Waals surface area contributed by atoms with Gasteiger partial charge in [-0.15, -0.1) is 0 Å². The summed E-state index contributed by atoms with van der Waals surface area (Å²) in [7, 11) is 0. The first-order valence-corrected chi connectivity index (χ1v) is 9.06. The summed E-state index contributed by atoms with van der Waals surface area (Å²) in [6, 6.07) is 8.13. The average Bonchev–Trinajstić information content (AvgIpc) is 3.10. The zero-order chi connectivity index (χ0) is 16.1. The van der Waals surface area contributed by atoms with Crippen LogP contribution in [-0.4, -0.2) is 43.0 Å². The number of carbonyl (C=O) groups is 1. The number of rotatable bonds is 5. The van der Waals surface area contributed by atoms with Gasteiger partial charge in [0.2, 0.25) is 5.91 Å². The minimum absolute atomic E-state index is 0.0313. The van der Waals surface area contributed by atoms with E-state index in [1.165, 1.54) is 18.4 Å². The van der Waals surface area contributed by atoms with Crippen LogP contribution in [-0.2, 0) is 11.3 Å². The van der Waals surface area contributed by atoms with E-state index in [-0.39, 0.29) is 11.9 Å². The van der Waals surface area contributed by atoms with Gasteiger partial charge >= 0.3 is 0 Å². The Morgan fingerprint density at radius 3 is 2.83 bits per heavy atom. The molecule has 3 rings (SSSR count). The summed E-state index contributed by atoms with van der Waals surface area (Å²) in [4.78, 5) is 14.6. The summed E-state index contributed by atoms with van der Waals surface area (Å²) in [5, 5.41) is 7.18. The quantitative estimate of drug-likeness (QED) is 0.868. The number of benzene rings is 1. The third kappa shape index (κ3) is 4.93. The van der Waals surface area contributed by atoms with Crippen molar-refractivity contribution in [3.8, 4) is 0 Å². The fourth-order valence-corrected chi connectivity index (χ4v) is 3.71. The molecule has 1 amide bonds. The molecule has 2 aliphatic rings. The van der Waals surface area contributed by atoms with Crippen molar-refractivity contribution >= 4 is 17.5 Å². The first-order chi connectivity index (χ1) is 11.2. The minimum atomic E-state index is 0.0313. The number of amides is 1. The van der Waals surface area contributed by atoms with E-state index in [9.17, 15) is 4.79 Å². The summed E-state index contributed by atoms with van der Waals surface area (Å²) in [6.07, 6.45) is 4.49. The molecule has 2 aliphatic heterocycles. The molecule has 5 heteroatoms. The van der Waals surface area contributed by atoms with Gasteiger partial charge in [-0.05, 0) is 62.4 Å². The molecular formula is C18H26ClN3O. The van der Waals surface area contributed by atoms with Crippen LogP contribution >= 0.6 is 11.6 Å². The zero-order valence-electron chi connectivity index (χ0n) is 13.6. The first kappa shape index (κ1) is 16.7. The van der Waals surface area contributed by atoms with E-state index in [1.54, 1.807) is 0 Å². The van der Waals surface area contributed by atoms with Crippen LogP contribution in [0.4, 0.5) is 0 Å². The van der Waals surface area contributed by atoms with E-state index >= 15 is 0 Å². The van der Waals surface area contributed by atoms with Gasteiger partial charge in [0, 0.05) is 24.7 Å². The number of piperidine rings is 1. The van der Waals surface area contributed by atoms with E-state index in [0.717, 1.165) is 50.6 Å². The van der Waals surface area contributed by atoms with Crippen molar-refractivity contribution in [3.63, 3.8) is 0 Å². The SMILES string of the molecule is O=C(NCC1CCCN(Cc2ccc(Cl)cc2)C1)C1CCCN1. The number of hydrogen-bond donors (Lipinski definition) is 2. The fraction of sp³-hybridized carbons (Fsp3) is 0.611. The highest BCUT2D eigenvalue weighted by Crippen LogP contribution is 2.19. The second-order valence-corrected chi connectivity index (χ2v) is 7.20. The number of nitrogens with zero attached hydrogens (tertiary/aromatic N) is 1. The molecule has 1 aromatic rings.